The van der Waals surface area contributed by atoms with Gasteiger partial charge in [0.15, 0.2) is 0 Å². The molecule has 0 radical (unpaired) electrons. The molecule has 1 aromatic carbocycles. The number of rotatable bonds is 7. The lowest BCUT2D eigenvalue weighted by atomic mass is 10.0. The Morgan fingerprint density at radius 1 is 1.24 bits per heavy atom. The second-order valence-electron chi connectivity index (χ2n) is 7.87. The summed E-state index contributed by atoms with van der Waals surface area (Å²) in [6, 6.07) is 7.21. The minimum atomic E-state index is -0.968. The van der Waals surface area contributed by atoms with Gasteiger partial charge < -0.3 is 5.11 Å². The van der Waals surface area contributed by atoms with E-state index < -0.39 is 12.0 Å². The minimum Gasteiger partial charge on any atom is -0.480 e. The van der Waals surface area contributed by atoms with Crippen molar-refractivity contribution in [2.45, 2.75) is 64.8 Å². The SMILES string of the molecule is CCCc1nc2sc3c(c2c(=O)n1C(CCc1ccc(C)cc1)C(=O)O)CCC3. The van der Waals surface area contributed by atoms with Gasteiger partial charge in [-0.05, 0) is 56.6 Å². The van der Waals surface area contributed by atoms with Crippen LogP contribution in [0.1, 0.15) is 59.6 Å². The zero-order chi connectivity index (χ0) is 20.5. The molecule has 29 heavy (non-hydrogen) atoms. The average molecular weight is 411 g/mol. The minimum absolute atomic E-state index is 0.172. The highest BCUT2D eigenvalue weighted by atomic mass is 32.1. The molecule has 0 spiro atoms. The van der Waals surface area contributed by atoms with Gasteiger partial charge >= 0.3 is 5.97 Å². The summed E-state index contributed by atoms with van der Waals surface area (Å²) in [5, 5.41) is 10.7. The number of aliphatic carboxylic acids is 1. The molecule has 0 bridgehead atoms. The quantitative estimate of drug-likeness (QED) is 0.624. The van der Waals surface area contributed by atoms with E-state index >= 15 is 0 Å². The van der Waals surface area contributed by atoms with Crippen LogP contribution in [0.5, 0.6) is 0 Å². The number of carboxylic acid groups (broad SMARTS) is 1. The van der Waals surface area contributed by atoms with Gasteiger partial charge in [0.1, 0.15) is 16.7 Å². The zero-order valence-corrected chi connectivity index (χ0v) is 17.7. The molecule has 0 amide bonds. The highest BCUT2D eigenvalue weighted by Gasteiger charge is 2.28. The second kappa shape index (κ2) is 8.11. The van der Waals surface area contributed by atoms with Crippen molar-refractivity contribution in [3.8, 4) is 0 Å². The molecule has 0 saturated carbocycles. The van der Waals surface area contributed by atoms with Crippen LogP contribution in [0.3, 0.4) is 0 Å². The number of aromatic nitrogens is 2. The molecule has 6 heteroatoms. The van der Waals surface area contributed by atoms with Crippen LogP contribution in [0.25, 0.3) is 10.2 Å². The summed E-state index contributed by atoms with van der Waals surface area (Å²) >= 11 is 1.61. The van der Waals surface area contributed by atoms with Crippen molar-refractivity contribution in [3.05, 3.63) is 62.0 Å². The monoisotopic (exact) mass is 410 g/mol. The maximum Gasteiger partial charge on any atom is 0.326 e. The van der Waals surface area contributed by atoms with Crippen LogP contribution in [0.4, 0.5) is 0 Å². The standard InChI is InChI=1S/C23H26N2O3S/c1-3-5-19-24-21-20(16-6-4-7-18(16)29-21)22(26)25(19)17(23(27)28)13-12-15-10-8-14(2)9-11-15/h8-11,17H,3-7,12-13H2,1-2H3,(H,27,28). The first-order valence-electron chi connectivity index (χ1n) is 10.3. The van der Waals surface area contributed by atoms with Crippen molar-refractivity contribution in [2.24, 2.45) is 0 Å². The Labute approximate surface area is 174 Å². The zero-order valence-electron chi connectivity index (χ0n) is 16.9. The molecule has 3 aromatic rings. The summed E-state index contributed by atoms with van der Waals surface area (Å²) in [6.07, 6.45) is 5.33. The number of nitrogens with zero attached hydrogens (tertiary/aromatic N) is 2. The lowest BCUT2D eigenvalue weighted by Crippen LogP contribution is -2.34. The lowest BCUT2D eigenvalue weighted by molar-refractivity contribution is -0.141. The Kier molecular flexibility index (Phi) is 5.54. The summed E-state index contributed by atoms with van der Waals surface area (Å²) < 4.78 is 1.48. The van der Waals surface area contributed by atoms with E-state index in [0.29, 0.717) is 30.5 Å². The Balaban J connectivity index is 1.78. The molecular formula is C23H26N2O3S. The predicted molar refractivity (Wildman–Crippen MR) is 116 cm³/mol. The first-order valence-corrected chi connectivity index (χ1v) is 11.1. The van der Waals surface area contributed by atoms with Gasteiger partial charge in [0.25, 0.3) is 5.56 Å². The molecular weight excluding hydrogens is 384 g/mol. The lowest BCUT2D eigenvalue weighted by Gasteiger charge is -2.20. The fraction of sp³-hybridized carbons (Fsp3) is 0.435. The number of carboxylic acids is 1. The Hall–Kier alpha value is -2.47. The molecule has 4 rings (SSSR count). The third kappa shape index (κ3) is 3.73. The normalized spacial score (nSPS) is 14.3. The van der Waals surface area contributed by atoms with Crippen molar-refractivity contribution in [1.82, 2.24) is 9.55 Å². The molecule has 2 heterocycles. The van der Waals surface area contributed by atoms with E-state index in [1.165, 1.54) is 15.0 Å². The van der Waals surface area contributed by atoms with E-state index in [2.05, 4.69) is 0 Å². The molecule has 5 nitrogen and oxygen atoms in total. The van der Waals surface area contributed by atoms with Crippen molar-refractivity contribution in [2.75, 3.05) is 0 Å². The van der Waals surface area contributed by atoms with Gasteiger partial charge in [-0.15, -0.1) is 11.3 Å². The van der Waals surface area contributed by atoms with Crippen LogP contribution in [0.2, 0.25) is 0 Å². The number of benzene rings is 1. The van der Waals surface area contributed by atoms with Gasteiger partial charge in [-0.1, -0.05) is 36.8 Å². The number of fused-ring (bicyclic) bond motifs is 3. The molecule has 0 saturated heterocycles. The summed E-state index contributed by atoms with van der Waals surface area (Å²) in [5.74, 6) is -0.370. The highest BCUT2D eigenvalue weighted by molar-refractivity contribution is 7.18. The first-order chi connectivity index (χ1) is 14.0. The Morgan fingerprint density at radius 2 is 2.00 bits per heavy atom. The van der Waals surface area contributed by atoms with E-state index in [0.717, 1.165) is 41.6 Å². The van der Waals surface area contributed by atoms with Crippen molar-refractivity contribution in [3.63, 3.8) is 0 Å². The molecule has 1 aliphatic rings. The van der Waals surface area contributed by atoms with E-state index in [4.69, 9.17) is 4.98 Å². The van der Waals surface area contributed by atoms with E-state index in [9.17, 15) is 14.7 Å². The molecule has 1 aliphatic carbocycles. The number of aryl methyl sites for hydroxylation is 5. The molecule has 2 aromatic heterocycles. The Morgan fingerprint density at radius 3 is 2.69 bits per heavy atom. The van der Waals surface area contributed by atoms with Gasteiger partial charge in [-0.3, -0.25) is 9.36 Å². The van der Waals surface area contributed by atoms with Crippen LogP contribution in [-0.4, -0.2) is 20.6 Å². The van der Waals surface area contributed by atoms with Crippen LogP contribution < -0.4 is 5.56 Å². The number of hydrogen-bond acceptors (Lipinski definition) is 4. The smallest absolute Gasteiger partial charge is 0.326 e. The summed E-state index contributed by atoms with van der Waals surface area (Å²) in [6.45, 7) is 4.05. The maximum atomic E-state index is 13.5. The summed E-state index contributed by atoms with van der Waals surface area (Å²) in [5.41, 5.74) is 3.18. The van der Waals surface area contributed by atoms with E-state index in [1.54, 1.807) is 11.3 Å². The molecule has 1 atom stereocenters. The number of carbonyl (C=O) groups is 1. The topological polar surface area (TPSA) is 72.2 Å². The van der Waals surface area contributed by atoms with Gasteiger partial charge in [0, 0.05) is 11.3 Å². The highest BCUT2D eigenvalue weighted by Crippen LogP contribution is 2.35. The van der Waals surface area contributed by atoms with Crippen LogP contribution in [0, 0.1) is 6.92 Å². The molecule has 0 fully saturated rings. The number of thiophene rings is 1. The molecule has 0 aliphatic heterocycles. The third-order valence-corrected chi connectivity index (χ3v) is 6.93. The van der Waals surface area contributed by atoms with Crippen molar-refractivity contribution < 1.29 is 9.90 Å². The molecule has 152 valence electrons. The van der Waals surface area contributed by atoms with Crippen LogP contribution >= 0.6 is 11.3 Å². The predicted octanol–water partition coefficient (Wildman–Crippen LogP) is 4.47. The maximum absolute atomic E-state index is 13.5. The Bertz CT molecular complexity index is 1110. The number of hydrogen-bond donors (Lipinski definition) is 1. The van der Waals surface area contributed by atoms with Crippen LogP contribution in [0.15, 0.2) is 29.1 Å². The van der Waals surface area contributed by atoms with Crippen molar-refractivity contribution >= 4 is 27.5 Å². The van der Waals surface area contributed by atoms with Gasteiger partial charge in [-0.2, -0.15) is 0 Å². The van der Waals surface area contributed by atoms with Crippen molar-refractivity contribution in [1.29, 1.82) is 0 Å². The summed E-state index contributed by atoms with van der Waals surface area (Å²) in [4.78, 5) is 32.5. The van der Waals surface area contributed by atoms with E-state index in [1.807, 2.05) is 38.1 Å². The second-order valence-corrected chi connectivity index (χ2v) is 8.95. The average Bonchev–Trinajstić information content (AvgIpc) is 3.26. The molecule has 1 unspecified atom stereocenters. The van der Waals surface area contributed by atoms with Crippen LogP contribution in [-0.2, 0) is 30.5 Å². The fourth-order valence-corrected chi connectivity index (χ4v) is 5.51. The summed E-state index contributed by atoms with van der Waals surface area (Å²) in [7, 11) is 0. The van der Waals surface area contributed by atoms with E-state index in [-0.39, 0.29) is 5.56 Å². The van der Waals surface area contributed by atoms with Gasteiger partial charge in [0.2, 0.25) is 0 Å². The molecule has 1 N–H and O–H groups in total. The third-order valence-electron chi connectivity index (χ3n) is 5.74. The largest absolute Gasteiger partial charge is 0.480 e. The van der Waals surface area contributed by atoms with Gasteiger partial charge in [-0.25, -0.2) is 9.78 Å². The fourth-order valence-electron chi connectivity index (χ4n) is 4.24. The van der Waals surface area contributed by atoms with Gasteiger partial charge in [0.05, 0.1) is 5.39 Å². The first kappa shape index (κ1) is 19.8.